The molecule has 106 valence electrons. The third kappa shape index (κ3) is 3.15. The molecule has 3 N–H and O–H groups in total. The Morgan fingerprint density at radius 1 is 1.10 bits per heavy atom. The SMILES string of the molecule is Nc1ccc(F)cc1S(=O)(=O)Nc1ccc(Cl)cc1Cl. The highest BCUT2D eigenvalue weighted by atomic mass is 35.5. The van der Waals surface area contributed by atoms with Crippen LogP contribution in [-0.2, 0) is 10.0 Å². The van der Waals surface area contributed by atoms with Crippen molar-refractivity contribution in [3.63, 3.8) is 0 Å². The molecular formula is C12H9Cl2FN2O2S. The van der Waals surface area contributed by atoms with Crippen LogP contribution in [0, 0.1) is 5.82 Å². The Morgan fingerprint density at radius 3 is 2.45 bits per heavy atom. The minimum atomic E-state index is -4.04. The molecular weight excluding hydrogens is 326 g/mol. The number of anilines is 2. The molecule has 8 heteroatoms. The molecule has 0 heterocycles. The lowest BCUT2D eigenvalue weighted by molar-refractivity contribution is 0.596. The summed E-state index contributed by atoms with van der Waals surface area (Å²) in [5.41, 5.74) is 5.61. The van der Waals surface area contributed by atoms with E-state index < -0.39 is 15.8 Å². The number of nitrogens with one attached hydrogen (secondary N) is 1. The van der Waals surface area contributed by atoms with Gasteiger partial charge in [-0.25, -0.2) is 12.8 Å². The molecule has 2 aromatic carbocycles. The van der Waals surface area contributed by atoms with Gasteiger partial charge in [0.25, 0.3) is 10.0 Å². The average Bonchev–Trinajstić information content (AvgIpc) is 2.35. The van der Waals surface area contributed by atoms with Crippen LogP contribution in [0.4, 0.5) is 15.8 Å². The summed E-state index contributed by atoms with van der Waals surface area (Å²) in [5.74, 6) is -0.707. The molecule has 0 saturated heterocycles. The molecule has 0 unspecified atom stereocenters. The molecule has 0 aromatic heterocycles. The molecule has 0 fully saturated rings. The lowest BCUT2D eigenvalue weighted by Gasteiger charge is -2.11. The Morgan fingerprint density at radius 2 is 1.80 bits per heavy atom. The predicted molar refractivity (Wildman–Crippen MR) is 78.1 cm³/mol. The fourth-order valence-corrected chi connectivity index (χ4v) is 3.25. The Hall–Kier alpha value is -1.50. The first kappa shape index (κ1) is 14.9. The van der Waals surface area contributed by atoms with Crippen LogP contribution in [0.1, 0.15) is 0 Å². The smallest absolute Gasteiger partial charge is 0.264 e. The van der Waals surface area contributed by atoms with Crippen LogP contribution in [-0.4, -0.2) is 8.42 Å². The summed E-state index contributed by atoms with van der Waals surface area (Å²) in [6.45, 7) is 0. The summed E-state index contributed by atoms with van der Waals surface area (Å²) < 4.78 is 39.7. The van der Waals surface area contributed by atoms with Crippen molar-refractivity contribution in [1.29, 1.82) is 0 Å². The third-order valence-corrected chi connectivity index (χ3v) is 4.41. The number of nitrogen functional groups attached to an aromatic ring is 1. The van der Waals surface area contributed by atoms with Gasteiger partial charge in [0.2, 0.25) is 0 Å². The number of nitrogens with two attached hydrogens (primary N) is 1. The highest BCUT2D eigenvalue weighted by molar-refractivity contribution is 7.92. The molecule has 0 saturated carbocycles. The maximum atomic E-state index is 13.2. The summed E-state index contributed by atoms with van der Waals surface area (Å²) in [5, 5.41) is 0.485. The maximum absolute atomic E-state index is 13.2. The van der Waals surface area contributed by atoms with Crippen molar-refractivity contribution < 1.29 is 12.8 Å². The molecule has 0 aliphatic carbocycles. The Kier molecular flexibility index (Phi) is 4.08. The fraction of sp³-hybridized carbons (Fsp3) is 0. The van der Waals surface area contributed by atoms with E-state index in [-0.39, 0.29) is 21.3 Å². The van der Waals surface area contributed by atoms with Gasteiger partial charge in [-0.1, -0.05) is 23.2 Å². The van der Waals surface area contributed by atoms with Gasteiger partial charge < -0.3 is 5.73 Å². The summed E-state index contributed by atoms with van der Waals surface area (Å²) in [7, 11) is -4.04. The van der Waals surface area contributed by atoms with Crippen LogP contribution in [0.3, 0.4) is 0 Å². The van der Waals surface area contributed by atoms with Gasteiger partial charge in [0, 0.05) is 5.02 Å². The van der Waals surface area contributed by atoms with Crippen LogP contribution in [0.5, 0.6) is 0 Å². The number of halogens is 3. The van der Waals surface area contributed by atoms with Crippen molar-refractivity contribution in [1.82, 2.24) is 0 Å². The van der Waals surface area contributed by atoms with Crippen LogP contribution in [0.15, 0.2) is 41.3 Å². The fourth-order valence-electron chi connectivity index (χ4n) is 1.51. The first-order chi connectivity index (χ1) is 9.29. The molecule has 0 aliphatic heterocycles. The van der Waals surface area contributed by atoms with Crippen molar-refractivity contribution in [3.05, 3.63) is 52.3 Å². The molecule has 0 radical (unpaired) electrons. The van der Waals surface area contributed by atoms with E-state index in [2.05, 4.69) is 4.72 Å². The topological polar surface area (TPSA) is 72.2 Å². The van der Waals surface area contributed by atoms with Gasteiger partial charge >= 0.3 is 0 Å². The Labute approximate surface area is 125 Å². The minimum absolute atomic E-state index is 0.0658. The van der Waals surface area contributed by atoms with E-state index >= 15 is 0 Å². The van der Waals surface area contributed by atoms with Crippen LogP contribution >= 0.6 is 23.2 Å². The third-order valence-electron chi connectivity index (χ3n) is 2.44. The second kappa shape index (κ2) is 5.47. The van der Waals surface area contributed by atoms with Crippen molar-refractivity contribution in [2.45, 2.75) is 4.90 Å². The van der Waals surface area contributed by atoms with E-state index in [1.807, 2.05) is 0 Å². The standard InChI is InChI=1S/C12H9Cl2FN2O2S/c13-7-1-4-11(9(14)5-7)17-20(18,19)12-6-8(15)2-3-10(12)16/h1-6,17H,16H2. The lowest BCUT2D eigenvalue weighted by atomic mass is 10.3. The van der Waals surface area contributed by atoms with E-state index in [0.717, 1.165) is 12.1 Å². The number of hydrogen-bond acceptors (Lipinski definition) is 3. The number of hydrogen-bond donors (Lipinski definition) is 2. The summed E-state index contributed by atoms with van der Waals surface area (Å²) in [6.07, 6.45) is 0. The van der Waals surface area contributed by atoms with E-state index in [1.165, 1.54) is 24.3 Å². The molecule has 2 rings (SSSR count). The molecule has 4 nitrogen and oxygen atoms in total. The number of benzene rings is 2. The Balaban J connectivity index is 2.43. The van der Waals surface area contributed by atoms with E-state index in [9.17, 15) is 12.8 Å². The quantitative estimate of drug-likeness (QED) is 0.843. The maximum Gasteiger partial charge on any atom is 0.264 e. The summed E-state index contributed by atoms with van der Waals surface area (Å²) in [4.78, 5) is -0.358. The molecule has 0 bridgehead atoms. The zero-order valence-electron chi connectivity index (χ0n) is 9.90. The first-order valence-corrected chi connectivity index (χ1v) is 7.56. The Bertz CT molecular complexity index is 766. The largest absolute Gasteiger partial charge is 0.398 e. The summed E-state index contributed by atoms with van der Waals surface area (Å²) in [6, 6.07) is 7.34. The number of rotatable bonds is 3. The van der Waals surface area contributed by atoms with Gasteiger partial charge in [0.1, 0.15) is 10.7 Å². The van der Waals surface area contributed by atoms with Crippen molar-refractivity contribution >= 4 is 44.6 Å². The van der Waals surface area contributed by atoms with Gasteiger partial charge in [-0.3, -0.25) is 4.72 Å². The van der Waals surface area contributed by atoms with Gasteiger partial charge in [-0.2, -0.15) is 0 Å². The molecule has 0 aliphatic rings. The van der Waals surface area contributed by atoms with Gasteiger partial charge in [-0.05, 0) is 36.4 Å². The second-order valence-corrected chi connectivity index (χ2v) is 6.41. The predicted octanol–water partition coefficient (Wildman–Crippen LogP) is 3.52. The lowest BCUT2D eigenvalue weighted by Crippen LogP contribution is -2.15. The molecule has 2 aromatic rings. The zero-order valence-corrected chi connectivity index (χ0v) is 12.2. The molecule has 20 heavy (non-hydrogen) atoms. The zero-order chi connectivity index (χ0) is 14.9. The minimum Gasteiger partial charge on any atom is -0.398 e. The van der Waals surface area contributed by atoms with Gasteiger partial charge in [0.15, 0.2) is 0 Å². The number of sulfonamides is 1. The summed E-state index contributed by atoms with van der Waals surface area (Å²) >= 11 is 11.6. The highest BCUT2D eigenvalue weighted by Gasteiger charge is 2.19. The van der Waals surface area contributed by atoms with Crippen LogP contribution in [0.2, 0.25) is 10.0 Å². The van der Waals surface area contributed by atoms with Crippen molar-refractivity contribution in [2.24, 2.45) is 0 Å². The van der Waals surface area contributed by atoms with E-state index in [0.29, 0.717) is 5.02 Å². The molecule has 0 spiro atoms. The van der Waals surface area contributed by atoms with Crippen molar-refractivity contribution in [3.8, 4) is 0 Å². The molecule has 0 atom stereocenters. The van der Waals surface area contributed by atoms with Crippen LogP contribution in [0.25, 0.3) is 0 Å². The first-order valence-electron chi connectivity index (χ1n) is 5.32. The normalized spacial score (nSPS) is 11.3. The van der Waals surface area contributed by atoms with E-state index in [4.69, 9.17) is 28.9 Å². The van der Waals surface area contributed by atoms with Crippen LogP contribution < -0.4 is 10.5 Å². The average molecular weight is 335 g/mol. The highest BCUT2D eigenvalue weighted by Crippen LogP contribution is 2.29. The van der Waals surface area contributed by atoms with Crippen molar-refractivity contribution in [2.75, 3.05) is 10.5 Å². The van der Waals surface area contributed by atoms with Gasteiger partial charge in [0.05, 0.1) is 16.4 Å². The second-order valence-electron chi connectivity index (χ2n) is 3.91. The monoisotopic (exact) mass is 334 g/mol. The van der Waals surface area contributed by atoms with Gasteiger partial charge in [-0.15, -0.1) is 0 Å². The van der Waals surface area contributed by atoms with E-state index in [1.54, 1.807) is 0 Å². The molecule has 0 amide bonds.